The summed E-state index contributed by atoms with van der Waals surface area (Å²) in [5, 5.41) is 11.7. The molecule has 1 aliphatic carbocycles. The Morgan fingerprint density at radius 2 is 2.45 bits per heavy atom. The van der Waals surface area contributed by atoms with E-state index in [2.05, 4.69) is 18.4 Å². The van der Waals surface area contributed by atoms with Crippen molar-refractivity contribution in [3.05, 3.63) is 21.9 Å². The zero-order valence-electron chi connectivity index (χ0n) is 6.58. The molecule has 0 spiro atoms. The molecular weight excluding hydrogens is 156 g/mol. The highest BCUT2D eigenvalue weighted by atomic mass is 32.1. The summed E-state index contributed by atoms with van der Waals surface area (Å²) in [6, 6.07) is 2.18. The summed E-state index contributed by atoms with van der Waals surface area (Å²) < 4.78 is 0. The fourth-order valence-corrected chi connectivity index (χ4v) is 2.75. The lowest BCUT2D eigenvalue weighted by Crippen LogP contribution is -2.21. The normalized spacial score (nSPS) is 30.0. The maximum Gasteiger partial charge on any atom is 0.0617 e. The molecule has 0 saturated heterocycles. The molecule has 1 nitrogen and oxygen atoms in total. The molecule has 1 N–H and O–H groups in total. The lowest BCUT2D eigenvalue weighted by atomic mass is 9.88. The fraction of sp³-hybridized carbons (Fsp3) is 0.556. The van der Waals surface area contributed by atoms with Gasteiger partial charge >= 0.3 is 0 Å². The first-order chi connectivity index (χ1) is 5.29. The molecule has 1 unspecified atom stereocenters. The van der Waals surface area contributed by atoms with E-state index in [0.29, 0.717) is 5.92 Å². The van der Waals surface area contributed by atoms with Crippen LogP contribution in [0.15, 0.2) is 11.4 Å². The Hall–Kier alpha value is -0.340. The predicted octanol–water partition coefficient (Wildman–Crippen LogP) is 2.16. The highest BCUT2D eigenvalue weighted by molar-refractivity contribution is 7.10. The largest absolute Gasteiger partial charge is 0.392 e. The zero-order valence-corrected chi connectivity index (χ0v) is 7.40. The Morgan fingerprint density at radius 1 is 1.64 bits per heavy atom. The molecule has 1 aliphatic rings. The first-order valence-electron chi connectivity index (χ1n) is 4.03. The predicted molar refractivity (Wildman–Crippen MR) is 47.1 cm³/mol. The van der Waals surface area contributed by atoms with Crippen molar-refractivity contribution in [2.24, 2.45) is 0 Å². The van der Waals surface area contributed by atoms with Gasteiger partial charge in [-0.1, -0.05) is 6.92 Å². The van der Waals surface area contributed by atoms with Gasteiger partial charge in [-0.05, 0) is 29.9 Å². The minimum absolute atomic E-state index is 0.110. The number of hydrogen-bond donors (Lipinski definition) is 1. The first-order valence-corrected chi connectivity index (χ1v) is 4.91. The second-order valence-corrected chi connectivity index (χ2v) is 4.15. The lowest BCUT2D eigenvalue weighted by Gasteiger charge is -2.24. The number of fused-ring (bicyclic) bond motifs is 1. The van der Waals surface area contributed by atoms with Crippen molar-refractivity contribution >= 4 is 11.3 Å². The molecule has 1 heterocycles. The molecule has 1 aromatic heterocycles. The molecule has 2 rings (SSSR count). The van der Waals surface area contributed by atoms with Gasteiger partial charge in [0.2, 0.25) is 0 Å². The number of aryl methyl sites for hydroxylation is 1. The number of aliphatic hydroxyl groups is 1. The van der Waals surface area contributed by atoms with Crippen molar-refractivity contribution in [3.63, 3.8) is 0 Å². The van der Waals surface area contributed by atoms with Crippen LogP contribution >= 0.6 is 11.3 Å². The Kier molecular flexibility index (Phi) is 1.74. The molecule has 1 aromatic rings. The number of rotatable bonds is 0. The van der Waals surface area contributed by atoms with Gasteiger partial charge in [0.1, 0.15) is 0 Å². The minimum atomic E-state index is -0.110. The Bertz CT molecular complexity index is 254. The quantitative estimate of drug-likeness (QED) is 0.629. The van der Waals surface area contributed by atoms with Gasteiger partial charge in [0.15, 0.2) is 0 Å². The smallest absolute Gasteiger partial charge is 0.0617 e. The summed E-state index contributed by atoms with van der Waals surface area (Å²) in [5.41, 5.74) is 1.45. The van der Waals surface area contributed by atoms with Crippen LogP contribution in [0.1, 0.15) is 29.7 Å². The third-order valence-electron chi connectivity index (χ3n) is 2.48. The van der Waals surface area contributed by atoms with Gasteiger partial charge in [-0.15, -0.1) is 11.3 Å². The van der Waals surface area contributed by atoms with E-state index in [1.807, 2.05) is 0 Å². The van der Waals surface area contributed by atoms with Gasteiger partial charge in [-0.25, -0.2) is 0 Å². The van der Waals surface area contributed by atoms with E-state index in [1.165, 1.54) is 10.4 Å². The van der Waals surface area contributed by atoms with Crippen molar-refractivity contribution in [1.82, 2.24) is 0 Å². The van der Waals surface area contributed by atoms with Crippen LogP contribution in [0.3, 0.4) is 0 Å². The van der Waals surface area contributed by atoms with Crippen LogP contribution in [-0.2, 0) is 6.42 Å². The van der Waals surface area contributed by atoms with Gasteiger partial charge in [0, 0.05) is 10.8 Å². The zero-order chi connectivity index (χ0) is 7.84. The summed E-state index contributed by atoms with van der Waals surface area (Å²) in [7, 11) is 0. The average molecular weight is 168 g/mol. The maximum atomic E-state index is 9.55. The van der Waals surface area contributed by atoms with E-state index < -0.39 is 0 Å². The first kappa shape index (κ1) is 7.32. The molecule has 0 aromatic carbocycles. The standard InChI is InChI=1S/C9H12OS/c1-6-8(10)3-2-7-4-5-11-9(6)7/h4-6,8,10H,2-3H2,1H3/t6?,8-/m1/s1. The molecule has 60 valence electrons. The summed E-state index contributed by atoms with van der Waals surface area (Å²) in [5.74, 6) is 0.360. The third kappa shape index (κ3) is 1.10. The van der Waals surface area contributed by atoms with Crippen LogP contribution in [-0.4, -0.2) is 11.2 Å². The van der Waals surface area contributed by atoms with Crippen LogP contribution in [0.5, 0.6) is 0 Å². The van der Waals surface area contributed by atoms with Crippen LogP contribution in [0.2, 0.25) is 0 Å². The molecule has 11 heavy (non-hydrogen) atoms. The van der Waals surface area contributed by atoms with E-state index in [9.17, 15) is 5.11 Å². The SMILES string of the molecule is CC1c2sccc2CC[C@H]1O. The highest BCUT2D eigenvalue weighted by Gasteiger charge is 2.24. The molecule has 0 saturated carbocycles. The molecule has 0 bridgehead atoms. The van der Waals surface area contributed by atoms with E-state index >= 15 is 0 Å². The van der Waals surface area contributed by atoms with Gasteiger partial charge in [0.05, 0.1) is 6.10 Å². The van der Waals surface area contributed by atoms with E-state index in [4.69, 9.17) is 0 Å². The highest BCUT2D eigenvalue weighted by Crippen LogP contribution is 2.34. The number of hydrogen-bond acceptors (Lipinski definition) is 2. The van der Waals surface area contributed by atoms with Gasteiger partial charge in [0.25, 0.3) is 0 Å². The van der Waals surface area contributed by atoms with Crippen molar-refractivity contribution < 1.29 is 5.11 Å². The Morgan fingerprint density at radius 3 is 3.27 bits per heavy atom. The molecule has 2 atom stereocenters. The molecule has 0 amide bonds. The van der Waals surface area contributed by atoms with Crippen molar-refractivity contribution in [1.29, 1.82) is 0 Å². The summed E-state index contributed by atoms with van der Waals surface area (Å²) >= 11 is 1.78. The van der Waals surface area contributed by atoms with Crippen LogP contribution in [0, 0.1) is 0 Å². The third-order valence-corrected chi connectivity index (χ3v) is 3.64. The van der Waals surface area contributed by atoms with Crippen molar-refractivity contribution in [3.8, 4) is 0 Å². The molecule has 0 aliphatic heterocycles. The van der Waals surface area contributed by atoms with E-state index in [-0.39, 0.29) is 6.10 Å². The summed E-state index contributed by atoms with van der Waals surface area (Å²) in [6.07, 6.45) is 1.89. The van der Waals surface area contributed by atoms with Crippen LogP contribution < -0.4 is 0 Å². The Balaban J connectivity index is 2.38. The molecular formula is C9H12OS. The lowest BCUT2D eigenvalue weighted by molar-refractivity contribution is 0.134. The minimum Gasteiger partial charge on any atom is -0.392 e. The maximum absolute atomic E-state index is 9.55. The molecule has 0 fully saturated rings. The monoisotopic (exact) mass is 168 g/mol. The average Bonchev–Trinajstić information content (AvgIpc) is 2.45. The fourth-order valence-electron chi connectivity index (χ4n) is 1.68. The van der Waals surface area contributed by atoms with E-state index in [1.54, 1.807) is 11.3 Å². The molecule has 0 radical (unpaired) electrons. The van der Waals surface area contributed by atoms with Crippen molar-refractivity contribution in [2.75, 3.05) is 0 Å². The summed E-state index contributed by atoms with van der Waals surface area (Å²) in [6.45, 7) is 2.11. The molecule has 2 heteroatoms. The van der Waals surface area contributed by atoms with Gasteiger partial charge in [-0.3, -0.25) is 0 Å². The van der Waals surface area contributed by atoms with Gasteiger partial charge in [-0.2, -0.15) is 0 Å². The van der Waals surface area contributed by atoms with Crippen LogP contribution in [0.25, 0.3) is 0 Å². The topological polar surface area (TPSA) is 20.2 Å². The second-order valence-electron chi connectivity index (χ2n) is 3.20. The van der Waals surface area contributed by atoms with Gasteiger partial charge < -0.3 is 5.11 Å². The van der Waals surface area contributed by atoms with E-state index in [0.717, 1.165) is 12.8 Å². The Labute approximate surface area is 70.7 Å². The number of aliphatic hydroxyl groups excluding tert-OH is 1. The summed E-state index contributed by atoms with van der Waals surface area (Å²) in [4.78, 5) is 1.39. The van der Waals surface area contributed by atoms with Crippen molar-refractivity contribution in [2.45, 2.75) is 31.8 Å². The second kappa shape index (κ2) is 2.61. The number of thiophene rings is 1. The van der Waals surface area contributed by atoms with Crippen LogP contribution in [0.4, 0.5) is 0 Å².